The summed E-state index contributed by atoms with van der Waals surface area (Å²) in [7, 11) is 1.68. The molecule has 0 aliphatic heterocycles. The van der Waals surface area contributed by atoms with E-state index in [0.29, 0.717) is 13.2 Å². The standard InChI is InChI=1S/C9H13N5OS/c1-15-3-2-14-6-8(5-11-14)10-4-9-7-16-13-12-9/h5-7,10H,2-4H2,1H3. The molecule has 0 aliphatic carbocycles. The smallest absolute Gasteiger partial charge is 0.0946 e. The molecular formula is C9H13N5OS. The molecule has 0 unspecified atom stereocenters. The quantitative estimate of drug-likeness (QED) is 0.814. The summed E-state index contributed by atoms with van der Waals surface area (Å²) in [6, 6.07) is 0. The van der Waals surface area contributed by atoms with Gasteiger partial charge in [0.1, 0.15) is 0 Å². The van der Waals surface area contributed by atoms with Gasteiger partial charge in [-0.05, 0) is 11.5 Å². The van der Waals surface area contributed by atoms with Gasteiger partial charge in [-0.15, -0.1) is 5.10 Å². The number of nitrogens with one attached hydrogen (secondary N) is 1. The van der Waals surface area contributed by atoms with Crippen molar-refractivity contribution in [3.05, 3.63) is 23.5 Å². The number of nitrogens with zero attached hydrogens (tertiary/aromatic N) is 4. The maximum Gasteiger partial charge on any atom is 0.0946 e. The Morgan fingerprint density at radius 1 is 1.56 bits per heavy atom. The Labute approximate surface area is 97.4 Å². The second-order valence-electron chi connectivity index (χ2n) is 3.23. The largest absolute Gasteiger partial charge is 0.383 e. The van der Waals surface area contributed by atoms with Gasteiger partial charge in [-0.25, -0.2) is 0 Å². The van der Waals surface area contributed by atoms with E-state index in [4.69, 9.17) is 4.74 Å². The van der Waals surface area contributed by atoms with Crippen molar-refractivity contribution in [3.8, 4) is 0 Å². The van der Waals surface area contributed by atoms with Crippen molar-refractivity contribution >= 4 is 17.2 Å². The molecule has 0 bridgehead atoms. The van der Waals surface area contributed by atoms with Crippen LogP contribution in [0, 0.1) is 0 Å². The normalized spacial score (nSPS) is 10.6. The lowest BCUT2D eigenvalue weighted by Crippen LogP contribution is -2.04. The van der Waals surface area contributed by atoms with Gasteiger partial charge in [0.2, 0.25) is 0 Å². The van der Waals surface area contributed by atoms with Crippen molar-refractivity contribution in [1.29, 1.82) is 0 Å². The van der Waals surface area contributed by atoms with Gasteiger partial charge in [-0.2, -0.15) is 5.10 Å². The zero-order valence-corrected chi connectivity index (χ0v) is 9.78. The second-order valence-corrected chi connectivity index (χ2v) is 3.84. The monoisotopic (exact) mass is 239 g/mol. The molecule has 0 radical (unpaired) electrons. The van der Waals surface area contributed by atoms with Crippen molar-refractivity contribution in [1.82, 2.24) is 19.4 Å². The first kappa shape index (κ1) is 11.0. The summed E-state index contributed by atoms with van der Waals surface area (Å²) >= 11 is 1.35. The van der Waals surface area contributed by atoms with Gasteiger partial charge >= 0.3 is 0 Å². The highest BCUT2D eigenvalue weighted by Crippen LogP contribution is 2.07. The summed E-state index contributed by atoms with van der Waals surface area (Å²) in [5.41, 5.74) is 1.92. The van der Waals surface area contributed by atoms with Gasteiger partial charge < -0.3 is 10.1 Å². The van der Waals surface area contributed by atoms with Gasteiger partial charge in [-0.1, -0.05) is 4.49 Å². The fraction of sp³-hybridized carbons (Fsp3) is 0.444. The average molecular weight is 239 g/mol. The van der Waals surface area contributed by atoms with Gasteiger partial charge in [0.15, 0.2) is 0 Å². The molecule has 2 heterocycles. The van der Waals surface area contributed by atoms with Gasteiger partial charge in [-0.3, -0.25) is 4.68 Å². The van der Waals surface area contributed by atoms with Crippen molar-refractivity contribution in [3.63, 3.8) is 0 Å². The van der Waals surface area contributed by atoms with Crippen molar-refractivity contribution < 1.29 is 4.74 Å². The van der Waals surface area contributed by atoms with E-state index in [1.54, 1.807) is 13.3 Å². The molecule has 7 heteroatoms. The van der Waals surface area contributed by atoms with Crippen LogP contribution in [0.15, 0.2) is 17.8 Å². The van der Waals surface area contributed by atoms with Crippen molar-refractivity contribution in [2.45, 2.75) is 13.1 Å². The Kier molecular flexibility index (Phi) is 3.84. The van der Waals surface area contributed by atoms with Crippen LogP contribution in [0.25, 0.3) is 0 Å². The van der Waals surface area contributed by atoms with E-state index in [0.717, 1.165) is 17.9 Å². The maximum atomic E-state index is 4.98. The molecule has 0 saturated heterocycles. The van der Waals surface area contributed by atoms with Crippen LogP contribution < -0.4 is 5.32 Å². The third-order valence-electron chi connectivity index (χ3n) is 2.04. The summed E-state index contributed by atoms with van der Waals surface area (Å²) in [4.78, 5) is 0. The van der Waals surface area contributed by atoms with E-state index in [2.05, 4.69) is 20.0 Å². The first-order valence-corrected chi connectivity index (χ1v) is 5.73. The first-order chi connectivity index (χ1) is 7.88. The molecule has 0 spiro atoms. The van der Waals surface area contributed by atoms with E-state index < -0.39 is 0 Å². The maximum absolute atomic E-state index is 4.98. The molecule has 2 aromatic heterocycles. The SMILES string of the molecule is COCCn1cc(NCc2csnn2)cn1. The van der Waals surface area contributed by atoms with E-state index in [9.17, 15) is 0 Å². The number of methoxy groups -OCH3 is 1. The third-order valence-corrected chi connectivity index (χ3v) is 2.59. The number of anilines is 1. The van der Waals surface area contributed by atoms with E-state index in [1.165, 1.54) is 11.5 Å². The third kappa shape index (κ3) is 3.01. The molecule has 0 saturated carbocycles. The molecule has 86 valence electrons. The zero-order chi connectivity index (χ0) is 11.2. The fourth-order valence-electron chi connectivity index (χ4n) is 1.22. The highest BCUT2D eigenvalue weighted by molar-refractivity contribution is 7.03. The molecule has 2 rings (SSSR count). The van der Waals surface area contributed by atoms with Crippen LogP contribution >= 0.6 is 11.5 Å². The number of hydrogen-bond donors (Lipinski definition) is 1. The number of hydrogen-bond acceptors (Lipinski definition) is 6. The Balaban J connectivity index is 1.83. The fourth-order valence-corrected chi connectivity index (χ4v) is 1.67. The lowest BCUT2D eigenvalue weighted by atomic mass is 10.4. The molecule has 0 fully saturated rings. The van der Waals surface area contributed by atoms with Gasteiger partial charge in [0, 0.05) is 18.7 Å². The molecule has 0 aliphatic rings. The Morgan fingerprint density at radius 3 is 3.25 bits per heavy atom. The van der Waals surface area contributed by atoms with Crippen LogP contribution in [0.3, 0.4) is 0 Å². The van der Waals surface area contributed by atoms with Crippen LogP contribution in [0.5, 0.6) is 0 Å². The van der Waals surface area contributed by atoms with Crippen LogP contribution in [-0.4, -0.2) is 33.1 Å². The van der Waals surface area contributed by atoms with Crippen LogP contribution in [0.1, 0.15) is 5.69 Å². The lowest BCUT2D eigenvalue weighted by Gasteiger charge is -2.00. The van der Waals surface area contributed by atoms with E-state index in [1.807, 2.05) is 16.3 Å². The van der Waals surface area contributed by atoms with Gasteiger partial charge in [0.25, 0.3) is 0 Å². The zero-order valence-electron chi connectivity index (χ0n) is 8.96. The van der Waals surface area contributed by atoms with Crippen LogP contribution in [0.4, 0.5) is 5.69 Å². The molecule has 0 atom stereocenters. The first-order valence-electron chi connectivity index (χ1n) is 4.89. The Hall–Kier alpha value is -1.47. The van der Waals surface area contributed by atoms with Crippen LogP contribution in [-0.2, 0) is 17.8 Å². The molecule has 1 N–H and O–H groups in total. The number of ether oxygens (including phenoxy) is 1. The summed E-state index contributed by atoms with van der Waals surface area (Å²) in [6.45, 7) is 2.10. The summed E-state index contributed by atoms with van der Waals surface area (Å²) in [6.07, 6.45) is 3.73. The molecule has 2 aromatic rings. The predicted molar refractivity (Wildman–Crippen MR) is 61.3 cm³/mol. The molecule has 16 heavy (non-hydrogen) atoms. The average Bonchev–Trinajstić information content (AvgIpc) is 2.95. The lowest BCUT2D eigenvalue weighted by molar-refractivity contribution is 0.183. The van der Waals surface area contributed by atoms with E-state index in [-0.39, 0.29) is 0 Å². The minimum atomic E-state index is 0.664. The number of aromatic nitrogens is 4. The minimum absolute atomic E-state index is 0.664. The van der Waals surface area contributed by atoms with Crippen LogP contribution in [0.2, 0.25) is 0 Å². The summed E-state index contributed by atoms with van der Waals surface area (Å²) < 4.78 is 10.6. The molecular weight excluding hydrogens is 226 g/mol. The minimum Gasteiger partial charge on any atom is -0.383 e. The van der Waals surface area contributed by atoms with Gasteiger partial charge in [0.05, 0.1) is 37.3 Å². The summed E-state index contributed by atoms with van der Waals surface area (Å²) in [5.74, 6) is 0. The molecule has 0 amide bonds. The number of rotatable bonds is 6. The molecule has 6 nitrogen and oxygen atoms in total. The highest BCUT2D eigenvalue weighted by atomic mass is 32.1. The Morgan fingerprint density at radius 2 is 2.50 bits per heavy atom. The Bertz CT molecular complexity index is 413. The van der Waals surface area contributed by atoms with E-state index >= 15 is 0 Å². The highest BCUT2D eigenvalue weighted by Gasteiger charge is 1.99. The van der Waals surface area contributed by atoms with Crippen molar-refractivity contribution in [2.24, 2.45) is 0 Å². The molecule has 0 aromatic carbocycles. The second kappa shape index (κ2) is 5.57. The summed E-state index contributed by atoms with van der Waals surface area (Å²) in [5, 5.41) is 13.3. The van der Waals surface area contributed by atoms with Crippen molar-refractivity contribution in [2.75, 3.05) is 19.0 Å². The predicted octanol–water partition coefficient (Wildman–Crippen LogP) is 0.993. The topological polar surface area (TPSA) is 64.9 Å².